The summed E-state index contributed by atoms with van der Waals surface area (Å²) in [6, 6.07) is -0.309. The Hall–Kier alpha value is -2.35. The van der Waals surface area contributed by atoms with Gasteiger partial charge in [-0.2, -0.15) is 0 Å². The van der Waals surface area contributed by atoms with Crippen molar-refractivity contribution in [2.75, 3.05) is 46.6 Å². The van der Waals surface area contributed by atoms with Crippen LogP contribution in [0.3, 0.4) is 0 Å². The van der Waals surface area contributed by atoms with Gasteiger partial charge < -0.3 is 24.4 Å². The molecule has 0 saturated carbocycles. The highest BCUT2D eigenvalue weighted by Crippen LogP contribution is 1.87. The third-order valence-electron chi connectivity index (χ3n) is 2.35. The number of amides is 2. The predicted molar refractivity (Wildman–Crippen MR) is 79.2 cm³/mol. The summed E-state index contributed by atoms with van der Waals surface area (Å²) in [7, 11) is 1.60. The van der Waals surface area contributed by atoms with Gasteiger partial charge in [0.05, 0.1) is 19.8 Å². The van der Waals surface area contributed by atoms with Gasteiger partial charge in [0, 0.05) is 25.7 Å². The fourth-order valence-corrected chi connectivity index (χ4v) is 1.17. The van der Waals surface area contributed by atoms with Crippen molar-refractivity contribution in [1.29, 1.82) is 0 Å². The van der Waals surface area contributed by atoms with Crippen LogP contribution in [0.5, 0.6) is 0 Å². The summed E-state index contributed by atoms with van der Waals surface area (Å²) in [6.07, 6.45) is 2.13. The second kappa shape index (κ2) is 12.4. The van der Waals surface area contributed by atoms with Crippen LogP contribution in [0.15, 0.2) is 25.3 Å². The maximum absolute atomic E-state index is 11.6. The van der Waals surface area contributed by atoms with Crippen molar-refractivity contribution in [2.45, 2.75) is 0 Å². The summed E-state index contributed by atoms with van der Waals surface area (Å²) in [4.78, 5) is 34.5. The Morgan fingerprint density at radius 1 is 1.00 bits per heavy atom. The molecule has 1 N–H and O–H groups in total. The van der Waals surface area contributed by atoms with E-state index in [1.54, 1.807) is 7.05 Å². The Kier molecular flexibility index (Phi) is 11.1. The van der Waals surface area contributed by atoms with E-state index in [-0.39, 0.29) is 32.4 Å². The molecule has 0 heterocycles. The van der Waals surface area contributed by atoms with Gasteiger partial charge in [-0.05, 0) is 0 Å². The number of hydrogen-bond acceptors (Lipinski definition) is 6. The number of likely N-dealkylation sites (N-methyl/N-ethyl adjacent to an activating group) is 1. The first-order chi connectivity index (χ1) is 10.5. The minimum absolute atomic E-state index is 0.0790. The van der Waals surface area contributed by atoms with Crippen LogP contribution in [0.4, 0.5) is 4.79 Å². The first-order valence-corrected chi connectivity index (χ1v) is 6.66. The molecular formula is C14H22N2O6. The van der Waals surface area contributed by atoms with Gasteiger partial charge in [-0.25, -0.2) is 14.4 Å². The molecule has 0 aliphatic rings. The predicted octanol–water partition coefficient (Wildman–Crippen LogP) is 0.103. The van der Waals surface area contributed by atoms with Crippen LogP contribution in [0.2, 0.25) is 0 Å². The van der Waals surface area contributed by atoms with E-state index >= 15 is 0 Å². The lowest BCUT2D eigenvalue weighted by Crippen LogP contribution is -2.40. The minimum Gasteiger partial charge on any atom is -0.461 e. The molecule has 22 heavy (non-hydrogen) atoms. The molecule has 0 saturated heterocycles. The Balaban J connectivity index is 3.57. The first-order valence-electron chi connectivity index (χ1n) is 6.66. The third kappa shape index (κ3) is 10.4. The molecule has 0 aliphatic heterocycles. The maximum Gasteiger partial charge on any atom is 0.330 e. The second-order valence-electron chi connectivity index (χ2n) is 4.01. The Morgan fingerprint density at radius 2 is 1.59 bits per heavy atom. The number of rotatable bonds is 11. The summed E-state index contributed by atoms with van der Waals surface area (Å²) in [6.45, 7) is 7.86. The van der Waals surface area contributed by atoms with Crippen molar-refractivity contribution in [3.8, 4) is 0 Å². The van der Waals surface area contributed by atoms with E-state index in [4.69, 9.17) is 14.2 Å². The molecule has 0 bridgehead atoms. The van der Waals surface area contributed by atoms with Gasteiger partial charge in [0.25, 0.3) is 0 Å². The largest absolute Gasteiger partial charge is 0.461 e. The van der Waals surface area contributed by atoms with Crippen LogP contribution in [-0.2, 0) is 23.8 Å². The van der Waals surface area contributed by atoms with Crippen LogP contribution in [0, 0.1) is 0 Å². The molecule has 2 amide bonds. The fourth-order valence-electron chi connectivity index (χ4n) is 1.17. The van der Waals surface area contributed by atoms with Gasteiger partial charge in [-0.1, -0.05) is 13.2 Å². The molecular weight excluding hydrogens is 292 g/mol. The topological polar surface area (TPSA) is 94.2 Å². The summed E-state index contributed by atoms with van der Waals surface area (Å²) in [5, 5.41) is 2.58. The molecule has 8 heteroatoms. The van der Waals surface area contributed by atoms with E-state index in [0.29, 0.717) is 13.2 Å². The van der Waals surface area contributed by atoms with Crippen molar-refractivity contribution in [3.05, 3.63) is 25.3 Å². The van der Waals surface area contributed by atoms with Crippen LogP contribution in [0.1, 0.15) is 0 Å². The highest BCUT2D eigenvalue weighted by atomic mass is 16.6. The molecule has 0 fully saturated rings. The van der Waals surface area contributed by atoms with Gasteiger partial charge in [-0.3, -0.25) is 0 Å². The van der Waals surface area contributed by atoms with E-state index < -0.39 is 11.9 Å². The third-order valence-corrected chi connectivity index (χ3v) is 2.35. The van der Waals surface area contributed by atoms with Crippen LogP contribution >= 0.6 is 0 Å². The number of carbonyl (C=O) groups excluding carboxylic acids is 3. The zero-order chi connectivity index (χ0) is 16.8. The van der Waals surface area contributed by atoms with Gasteiger partial charge >= 0.3 is 18.0 Å². The summed E-state index contributed by atoms with van der Waals surface area (Å²) >= 11 is 0. The molecule has 0 aliphatic carbocycles. The highest BCUT2D eigenvalue weighted by Gasteiger charge is 2.07. The van der Waals surface area contributed by atoms with E-state index in [9.17, 15) is 14.4 Å². The molecule has 0 aromatic heterocycles. The molecule has 0 spiro atoms. The van der Waals surface area contributed by atoms with Crippen molar-refractivity contribution in [3.63, 3.8) is 0 Å². The SMILES string of the molecule is C=CC(=O)OCCNC(=O)N(C)CCOCCOC(=O)C=C. The van der Waals surface area contributed by atoms with Gasteiger partial charge in [0.2, 0.25) is 0 Å². The van der Waals surface area contributed by atoms with E-state index in [0.717, 1.165) is 12.2 Å². The number of nitrogens with one attached hydrogen (secondary N) is 1. The van der Waals surface area contributed by atoms with Crippen molar-refractivity contribution in [2.24, 2.45) is 0 Å². The Morgan fingerprint density at radius 3 is 2.18 bits per heavy atom. The standard InChI is InChI=1S/C14H22N2O6/c1-4-12(17)21-8-6-15-14(19)16(3)7-9-20-10-11-22-13(18)5-2/h4-5H,1-2,6-11H2,3H3,(H,15,19). The Bertz CT molecular complexity index is 397. The zero-order valence-corrected chi connectivity index (χ0v) is 12.7. The monoisotopic (exact) mass is 314 g/mol. The van der Waals surface area contributed by atoms with Crippen LogP contribution in [0.25, 0.3) is 0 Å². The first kappa shape index (κ1) is 19.7. The number of urea groups is 1. The normalized spacial score (nSPS) is 9.50. The van der Waals surface area contributed by atoms with E-state index in [1.807, 2.05) is 0 Å². The number of ether oxygens (including phenoxy) is 3. The molecule has 0 radical (unpaired) electrons. The zero-order valence-electron chi connectivity index (χ0n) is 12.7. The van der Waals surface area contributed by atoms with E-state index in [1.165, 1.54) is 4.90 Å². The number of nitrogens with zero attached hydrogens (tertiary/aromatic N) is 1. The molecule has 0 aromatic carbocycles. The quantitative estimate of drug-likeness (QED) is 0.330. The average molecular weight is 314 g/mol. The van der Waals surface area contributed by atoms with E-state index in [2.05, 4.69) is 18.5 Å². The lowest BCUT2D eigenvalue weighted by Gasteiger charge is -2.17. The van der Waals surface area contributed by atoms with Crippen molar-refractivity contribution < 1.29 is 28.6 Å². The maximum atomic E-state index is 11.6. The summed E-state index contributed by atoms with van der Waals surface area (Å²) < 4.78 is 14.6. The van der Waals surface area contributed by atoms with Gasteiger partial charge in [0.15, 0.2) is 0 Å². The molecule has 8 nitrogen and oxygen atoms in total. The lowest BCUT2D eigenvalue weighted by molar-refractivity contribution is -0.139. The van der Waals surface area contributed by atoms with Crippen LogP contribution in [-0.4, -0.2) is 69.4 Å². The number of hydrogen-bond donors (Lipinski definition) is 1. The van der Waals surface area contributed by atoms with Crippen molar-refractivity contribution >= 4 is 18.0 Å². The number of carbonyl (C=O) groups is 3. The smallest absolute Gasteiger partial charge is 0.330 e. The summed E-state index contributed by atoms with van der Waals surface area (Å²) in [5.74, 6) is -1.04. The lowest BCUT2D eigenvalue weighted by atomic mass is 10.5. The molecule has 124 valence electrons. The number of esters is 2. The Labute approximate surface area is 129 Å². The molecule has 0 rings (SSSR count). The fraction of sp³-hybridized carbons (Fsp3) is 0.500. The average Bonchev–Trinajstić information content (AvgIpc) is 2.53. The molecule has 0 atom stereocenters. The van der Waals surface area contributed by atoms with Crippen LogP contribution < -0.4 is 5.32 Å². The molecule has 0 unspecified atom stereocenters. The molecule has 0 aromatic rings. The minimum atomic E-state index is -0.534. The van der Waals surface area contributed by atoms with Gasteiger partial charge in [0.1, 0.15) is 13.2 Å². The highest BCUT2D eigenvalue weighted by molar-refractivity contribution is 5.81. The van der Waals surface area contributed by atoms with Gasteiger partial charge in [-0.15, -0.1) is 0 Å². The summed E-state index contributed by atoms with van der Waals surface area (Å²) in [5.41, 5.74) is 0. The second-order valence-corrected chi connectivity index (χ2v) is 4.01. The van der Waals surface area contributed by atoms with Crippen molar-refractivity contribution in [1.82, 2.24) is 10.2 Å².